The number of nitrogens with zero attached hydrogens (tertiary/aromatic N) is 1. The summed E-state index contributed by atoms with van der Waals surface area (Å²) in [5.41, 5.74) is 1.27. The second-order valence-corrected chi connectivity index (χ2v) is 5.21. The summed E-state index contributed by atoms with van der Waals surface area (Å²) in [6, 6.07) is 0. The maximum absolute atomic E-state index is 11.3. The summed E-state index contributed by atoms with van der Waals surface area (Å²) >= 11 is 0. The van der Waals surface area contributed by atoms with E-state index in [1.807, 2.05) is 11.1 Å². The van der Waals surface area contributed by atoms with Gasteiger partial charge < -0.3 is 24.6 Å². The van der Waals surface area contributed by atoms with Crippen LogP contribution in [0.5, 0.6) is 0 Å². The lowest BCUT2D eigenvalue weighted by atomic mass is 10.2. The van der Waals surface area contributed by atoms with Gasteiger partial charge in [-0.15, -0.1) is 0 Å². The average molecular weight is 339 g/mol. The standard InChI is InChI=1S/C15H19NO5.CH2O2/c1-11-3-2-8-16(9-11)13-5-4-12(21-13)10-20-15(19)7-6-14(17)18;2-1-3/h2,6-9,12-13H,3-5,10H2,1H3,(H,17,18);1H,(H,2,3)/b7-6+;. The van der Waals surface area contributed by atoms with Crippen molar-refractivity contribution in [1.29, 1.82) is 0 Å². The molecule has 8 nitrogen and oxygen atoms in total. The SMILES string of the molecule is CC1=CN(C2CCC(COC(=O)/C=C/C(=O)O)O2)C=CC1.O=CO. The van der Waals surface area contributed by atoms with Gasteiger partial charge in [0.25, 0.3) is 6.47 Å². The predicted molar refractivity (Wildman–Crippen MR) is 83.7 cm³/mol. The molecule has 24 heavy (non-hydrogen) atoms. The Morgan fingerprint density at radius 1 is 1.42 bits per heavy atom. The highest BCUT2D eigenvalue weighted by atomic mass is 16.6. The van der Waals surface area contributed by atoms with Crippen LogP contribution < -0.4 is 0 Å². The van der Waals surface area contributed by atoms with Crippen LogP contribution in [0, 0.1) is 0 Å². The number of aliphatic carboxylic acids is 1. The summed E-state index contributed by atoms with van der Waals surface area (Å²) in [4.78, 5) is 31.9. The van der Waals surface area contributed by atoms with E-state index in [1.54, 1.807) is 0 Å². The molecule has 0 aliphatic carbocycles. The van der Waals surface area contributed by atoms with Crippen LogP contribution in [0.3, 0.4) is 0 Å². The van der Waals surface area contributed by atoms with Crippen LogP contribution in [0.4, 0.5) is 0 Å². The topological polar surface area (TPSA) is 113 Å². The van der Waals surface area contributed by atoms with Gasteiger partial charge in [0.2, 0.25) is 0 Å². The van der Waals surface area contributed by atoms with E-state index in [1.165, 1.54) is 5.57 Å². The first-order valence-corrected chi connectivity index (χ1v) is 7.38. The zero-order chi connectivity index (χ0) is 17.9. The molecule has 0 aromatic carbocycles. The van der Waals surface area contributed by atoms with E-state index in [-0.39, 0.29) is 25.4 Å². The van der Waals surface area contributed by atoms with Gasteiger partial charge in [-0.2, -0.15) is 0 Å². The first-order chi connectivity index (χ1) is 11.5. The summed E-state index contributed by atoms with van der Waals surface area (Å²) in [5, 5.41) is 15.3. The van der Waals surface area contributed by atoms with Crippen molar-refractivity contribution >= 4 is 18.4 Å². The Hall–Kier alpha value is -2.61. The fourth-order valence-electron chi connectivity index (χ4n) is 2.28. The van der Waals surface area contributed by atoms with Crippen molar-refractivity contribution in [3.8, 4) is 0 Å². The third kappa shape index (κ3) is 7.10. The normalized spacial score (nSPS) is 22.5. The fraction of sp³-hybridized carbons (Fsp3) is 0.438. The molecule has 132 valence electrons. The lowest BCUT2D eigenvalue weighted by Gasteiger charge is -2.26. The zero-order valence-electron chi connectivity index (χ0n) is 13.3. The summed E-state index contributed by atoms with van der Waals surface area (Å²) in [6.07, 6.45) is 10.2. The van der Waals surface area contributed by atoms with Gasteiger partial charge in [-0.1, -0.05) is 11.6 Å². The minimum Gasteiger partial charge on any atom is -0.483 e. The van der Waals surface area contributed by atoms with Crippen LogP contribution in [0.15, 0.2) is 36.2 Å². The van der Waals surface area contributed by atoms with E-state index in [0.717, 1.165) is 31.4 Å². The van der Waals surface area contributed by atoms with Crippen LogP contribution >= 0.6 is 0 Å². The van der Waals surface area contributed by atoms with Crippen molar-refractivity contribution in [2.24, 2.45) is 0 Å². The molecule has 2 aliphatic heterocycles. The quantitative estimate of drug-likeness (QED) is 0.440. The number of ether oxygens (including phenoxy) is 2. The molecular formula is C16H21NO7. The Bertz CT molecular complexity index is 539. The average Bonchev–Trinajstić information content (AvgIpc) is 3.01. The number of hydrogen-bond donors (Lipinski definition) is 2. The predicted octanol–water partition coefficient (Wildman–Crippen LogP) is 1.50. The van der Waals surface area contributed by atoms with E-state index < -0.39 is 11.9 Å². The highest BCUT2D eigenvalue weighted by molar-refractivity contribution is 5.90. The molecule has 0 aromatic rings. The van der Waals surface area contributed by atoms with E-state index in [0.29, 0.717) is 0 Å². The van der Waals surface area contributed by atoms with Gasteiger partial charge in [0.1, 0.15) is 12.8 Å². The molecule has 0 spiro atoms. The molecule has 2 unspecified atom stereocenters. The van der Waals surface area contributed by atoms with Crippen LogP contribution in [0.25, 0.3) is 0 Å². The minimum atomic E-state index is -1.18. The van der Waals surface area contributed by atoms with Gasteiger partial charge in [0.05, 0.1) is 6.10 Å². The Balaban J connectivity index is 0.000000891. The first-order valence-electron chi connectivity index (χ1n) is 7.38. The van der Waals surface area contributed by atoms with Crippen molar-refractivity contribution in [3.05, 3.63) is 36.2 Å². The minimum absolute atomic E-state index is 0.0326. The molecule has 2 aliphatic rings. The van der Waals surface area contributed by atoms with E-state index in [9.17, 15) is 9.59 Å². The summed E-state index contributed by atoms with van der Waals surface area (Å²) < 4.78 is 10.8. The maximum atomic E-state index is 11.3. The number of hydrogen-bond acceptors (Lipinski definition) is 6. The smallest absolute Gasteiger partial charge is 0.331 e. The monoisotopic (exact) mass is 339 g/mol. The summed E-state index contributed by atoms with van der Waals surface area (Å²) in [7, 11) is 0. The highest BCUT2D eigenvalue weighted by Gasteiger charge is 2.29. The molecule has 1 fully saturated rings. The van der Waals surface area contributed by atoms with Crippen LogP contribution in [0.1, 0.15) is 26.2 Å². The number of carboxylic acids is 1. The molecule has 0 amide bonds. The van der Waals surface area contributed by atoms with Crippen LogP contribution in [-0.2, 0) is 23.9 Å². The fourth-order valence-corrected chi connectivity index (χ4v) is 2.28. The van der Waals surface area contributed by atoms with E-state index in [2.05, 4.69) is 19.2 Å². The number of carbonyl (C=O) groups excluding carboxylic acids is 1. The Kier molecular flexibility index (Phi) is 8.28. The molecule has 0 saturated carbocycles. The summed E-state index contributed by atoms with van der Waals surface area (Å²) in [6.45, 7) is 1.96. The summed E-state index contributed by atoms with van der Waals surface area (Å²) in [5.74, 6) is -1.85. The zero-order valence-corrected chi connectivity index (χ0v) is 13.3. The molecule has 1 saturated heterocycles. The Labute approximate surface area is 139 Å². The third-order valence-corrected chi connectivity index (χ3v) is 3.28. The highest BCUT2D eigenvalue weighted by Crippen LogP contribution is 2.26. The number of carbonyl (C=O) groups is 3. The Morgan fingerprint density at radius 2 is 2.12 bits per heavy atom. The molecular weight excluding hydrogens is 318 g/mol. The molecule has 2 N–H and O–H groups in total. The van der Waals surface area contributed by atoms with Gasteiger partial charge in [-0.05, 0) is 26.2 Å². The second kappa shape index (κ2) is 10.2. The maximum Gasteiger partial charge on any atom is 0.331 e. The van der Waals surface area contributed by atoms with Crippen molar-refractivity contribution in [1.82, 2.24) is 4.90 Å². The lowest BCUT2D eigenvalue weighted by molar-refractivity contribution is -0.143. The molecule has 8 heteroatoms. The Morgan fingerprint density at radius 3 is 2.75 bits per heavy atom. The van der Waals surface area contributed by atoms with Crippen molar-refractivity contribution in [2.45, 2.75) is 38.5 Å². The van der Waals surface area contributed by atoms with Crippen molar-refractivity contribution in [2.75, 3.05) is 6.61 Å². The van der Waals surface area contributed by atoms with E-state index in [4.69, 9.17) is 24.5 Å². The van der Waals surface area contributed by atoms with Gasteiger partial charge in [-0.25, -0.2) is 9.59 Å². The number of rotatable bonds is 5. The molecule has 2 heterocycles. The van der Waals surface area contributed by atoms with Gasteiger partial charge in [0, 0.05) is 24.6 Å². The molecule has 2 rings (SSSR count). The van der Waals surface area contributed by atoms with Gasteiger partial charge in [0.15, 0.2) is 0 Å². The molecule has 0 radical (unpaired) electrons. The van der Waals surface area contributed by atoms with E-state index >= 15 is 0 Å². The van der Waals surface area contributed by atoms with Crippen molar-refractivity contribution in [3.63, 3.8) is 0 Å². The number of carboxylic acid groups (broad SMARTS) is 2. The third-order valence-electron chi connectivity index (χ3n) is 3.28. The molecule has 0 bridgehead atoms. The number of esters is 1. The number of allylic oxidation sites excluding steroid dienone is 2. The van der Waals surface area contributed by atoms with Gasteiger partial charge in [-0.3, -0.25) is 4.79 Å². The molecule has 2 atom stereocenters. The second-order valence-electron chi connectivity index (χ2n) is 5.21. The molecule has 0 aromatic heterocycles. The van der Waals surface area contributed by atoms with Crippen LogP contribution in [-0.4, -0.2) is 52.5 Å². The lowest BCUT2D eigenvalue weighted by Crippen LogP contribution is -2.29. The van der Waals surface area contributed by atoms with Crippen molar-refractivity contribution < 1.29 is 34.1 Å². The largest absolute Gasteiger partial charge is 0.483 e. The van der Waals surface area contributed by atoms with Crippen LogP contribution in [0.2, 0.25) is 0 Å². The van der Waals surface area contributed by atoms with Gasteiger partial charge >= 0.3 is 11.9 Å². The first kappa shape index (κ1) is 19.4.